The van der Waals surface area contributed by atoms with Gasteiger partial charge in [-0.3, -0.25) is 0 Å². The van der Waals surface area contributed by atoms with Crippen LogP contribution in [-0.4, -0.2) is 9.55 Å². The highest BCUT2D eigenvalue weighted by molar-refractivity contribution is 7.99. The molecule has 1 atom stereocenters. The highest BCUT2D eigenvalue weighted by atomic mass is 35.5. The van der Waals surface area contributed by atoms with E-state index in [1.54, 1.807) is 24.0 Å². The Morgan fingerprint density at radius 1 is 0.962 bits per heavy atom. The van der Waals surface area contributed by atoms with E-state index in [4.69, 9.17) is 23.2 Å². The summed E-state index contributed by atoms with van der Waals surface area (Å²) in [6.07, 6.45) is 5.63. The number of benzene rings is 3. The molecule has 0 bridgehead atoms. The van der Waals surface area contributed by atoms with E-state index in [-0.39, 0.29) is 5.25 Å². The number of rotatable bonds is 5. The molecule has 2 nitrogen and oxygen atoms in total. The molecule has 0 N–H and O–H groups in total. The van der Waals surface area contributed by atoms with Crippen molar-refractivity contribution >= 4 is 45.7 Å². The molecule has 0 aliphatic rings. The number of hydrogen-bond acceptors (Lipinski definition) is 2. The van der Waals surface area contributed by atoms with Crippen molar-refractivity contribution in [1.82, 2.24) is 9.55 Å². The van der Waals surface area contributed by atoms with E-state index in [9.17, 15) is 0 Å². The van der Waals surface area contributed by atoms with Crippen LogP contribution >= 0.6 is 35.0 Å². The van der Waals surface area contributed by atoms with Crippen LogP contribution in [0.15, 0.2) is 84.3 Å². The van der Waals surface area contributed by atoms with Crippen LogP contribution < -0.4 is 0 Å². The molecule has 1 unspecified atom stereocenters. The Balaban J connectivity index is 1.71. The minimum Gasteiger partial charge on any atom is -0.336 e. The van der Waals surface area contributed by atoms with Crippen molar-refractivity contribution in [3.05, 3.63) is 95.0 Å². The summed E-state index contributed by atoms with van der Waals surface area (Å²) in [7, 11) is 0. The maximum absolute atomic E-state index is 6.41. The van der Waals surface area contributed by atoms with Gasteiger partial charge in [0.15, 0.2) is 0 Å². The second-order valence-corrected chi connectivity index (χ2v) is 8.14. The molecule has 26 heavy (non-hydrogen) atoms. The van der Waals surface area contributed by atoms with Crippen LogP contribution in [0.1, 0.15) is 10.8 Å². The molecule has 4 rings (SSSR count). The van der Waals surface area contributed by atoms with Crippen molar-refractivity contribution in [2.45, 2.75) is 16.7 Å². The third kappa shape index (κ3) is 3.90. The van der Waals surface area contributed by atoms with Gasteiger partial charge in [0, 0.05) is 28.9 Å². The van der Waals surface area contributed by atoms with Gasteiger partial charge in [-0.05, 0) is 40.6 Å². The first-order chi connectivity index (χ1) is 12.7. The largest absolute Gasteiger partial charge is 0.336 e. The third-order valence-corrected chi connectivity index (χ3v) is 6.22. The van der Waals surface area contributed by atoms with Crippen LogP contribution in [0.25, 0.3) is 10.8 Å². The molecule has 0 amide bonds. The number of thioether (sulfide) groups is 1. The standard InChI is InChI=1S/C21H16Cl2N2S/c22-18-7-8-20(19(23)12-18)26-21(13-25-10-9-24-14-25)17-6-5-15-3-1-2-4-16(15)11-17/h1-12,14,21H,13H2. The van der Waals surface area contributed by atoms with Crippen LogP contribution in [0.4, 0.5) is 0 Å². The molecule has 0 saturated carbocycles. The van der Waals surface area contributed by atoms with Gasteiger partial charge in [0.1, 0.15) is 0 Å². The first-order valence-electron chi connectivity index (χ1n) is 8.25. The molecule has 1 aromatic heterocycles. The van der Waals surface area contributed by atoms with Gasteiger partial charge in [0.25, 0.3) is 0 Å². The molecule has 0 saturated heterocycles. The predicted octanol–water partition coefficient (Wildman–Crippen LogP) is 6.88. The van der Waals surface area contributed by atoms with Crippen molar-refractivity contribution in [2.24, 2.45) is 0 Å². The SMILES string of the molecule is Clc1ccc(SC(Cn2ccnc2)c2ccc3ccccc3c2)c(Cl)c1. The van der Waals surface area contributed by atoms with E-state index in [1.165, 1.54) is 16.3 Å². The number of aromatic nitrogens is 2. The van der Waals surface area contributed by atoms with Crippen molar-refractivity contribution in [1.29, 1.82) is 0 Å². The van der Waals surface area contributed by atoms with Gasteiger partial charge >= 0.3 is 0 Å². The molecule has 130 valence electrons. The summed E-state index contributed by atoms with van der Waals surface area (Å²) in [4.78, 5) is 5.19. The van der Waals surface area contributed by atoms with Crippen LogP contribution in [0.2, 0.25) is 10.0 Å². The highest BCUT2D eigenvalue weighted by Crippen LogP contribution is 2.41. The zero-order valence-electron chi connectivity index (χ0n) is 13.8. The Bertz CT molecular complexity index is 1030. The Morgan fingerprint density at radius 3 is 2.58 bits per heavy atom. The minimum absolute atomic E-state index is 0.201. The smallest absolute Gasteiger partial charge is 0.0946 e. The average molecular weight is 399 g/mol. The Labute approximate surface area is 166 Å². The second kappa shape index (κ2) is 7.75. The van der Waals surface area contributed by atoms with Gasteiger partial charge < -0.3 is 4.57 Å². The Kier molecular flexibility index (Phi) is 5.21. The van der Waals surface area contributed by atoms with Crippen LogP contribution in [0.5, 0.6) is 0 Å². The summed E-state index contributed by atoms with van der Waals surface area (Å²) >= 11 is 14.2. The molecular formula is C21H16Cl2N2S. The van der Waals surface area contributed by atoms with Crippen molar-refractivity contribution in [3.8, 4) is 0 Å². The number of halogens is 2. The maximum atomic E-state index is 6.41. The normalized spacial score (nSPS) is 12.4. The first kappa shape index (κ1) is 17.5. The fraction of sp³-hybridized carbons (Fsp3) is 0.0952. The fourth-order valence-corrected chi connectivity index (χ4v) is 4.63. The summed E-state index contributed by atoms with van der Waals surface area (Å²) in [6, 6.07) is 20.7. The van der Waals surface area contributed by atoms with Crippen molar-refractivity contribution in [3.63, 3.8) is 0 Å². The van der Waals surface area contributed by atoms with Gasteiger partial charge in [0.2, 0.25) is 0 Å². The fourth-order valence-electron chi connectivity index (χ4n) is 2.93. The average Bonchev–Trinajstić information content (AvgIpc) is 3.16. The second-order valence-electron chi connectivity index (χ2n) is 6.05. The summed E-state index contributed by atoms with van der Waals surface area (Å²) in [5.74, 6) is 0. The molecule has 0 radical (unpaired) electrons. The molecule has 4 aromatic rings. The van der Waals surface area contributed by atoms with Gasteiger partial charge in [-0.2, -0.15) is 0 Å². The topological polar surface area (TPSA) is 17.8 Å². The van der Waals surface area contributed by atoms with Gasteiger partial charge in [-0.1, -0.05) is 59.6 Å². The number of imidazole rings is 1. The van der Waals surface area contributed by atoms with E-state index in [0.29, 0.717) is 10.0 Å². The zero-order chi connectivity index (χ0) is 17.9. The molecule has 0 spiro atoms. The lowest BCUT2D eigenvalue weighted by atomic mass is 10.0. The van der Waals surface area contributed by atoms with E-state index in [2.05, 4.69) is 52.0 Å². The highest BCUT2D eigenvalue weighted by Gasteiger charge is 2.16. The summed E-state index contributed by atoms with van der Waals surface area (Å²) in [5, 5.41) is 4.01. The summed E-state index contributed by atoms with van der Waals surface area (Å²) in [6.45, 7) is 0.808. The van der Waals surface area contributed by atoms with Crippen molar-refractivity contribution in [2.75, 3.05) is 0 Å². The molecular weight excluding hydrogens is 383 g/mol. The van der Waals surface area contributed by atoms with E-state index in [0.717, 1.165) is 11.4 Å². The Hall–Kier alpha value is -1.94. The van der Waals surface area contributed by atoms with E-state index < -0.39 is 0 Å². The molecule has 3 aromatic carbocycles. The van der Waals surface area contributed by atoms with Crippen LogP contribution in [0.3, 0.4) is 0 Å². The summed E-state index contributed by atoms with van der Waals surface area (Å²) < 4.78 is 2.09. The third-order valence-electron chi connectivity index (χ3n) is 4.24. The maximum Gasteiger partial charge on any atom is 0.0946 e. The van der Waals surface area contributed by atoms with Gasteiger partial charge in [-0.15, -0.1) is 11.8 Å². The number of fused-ring (bicyclic) bond motifs is 1. The van der Waals surface area contributed by atoms with Crippen molar-refractivity contribution < 1.29 is 0 Å². The van der Waals surface area contributed by atoms with Crippen LogP contribution in [-0.2, 0) is 6.54 Å². The predicted molar refractivity (Wildman–Crippen MR) is 111 cm³/mol. The van der Waals surface area contributed by atoms with E-state index in [1.807, 2.05) is 24.7 Å². The molecule has 0 aliphatic carbocycles. The molecule has 1 heterocycles. The molecule has 5 heteroatoms. The lowest BCUT2D eigenvalue weighted by molar-refractivity contribution is 0.684. The lowest BCUT2D eigenvalue weighted by Gasteiger charge is -2.19. The van der Waals surface area contributed by atoms with Crippen LogP contribution in [0, 0.1) is 0 Å². The minimum atomic E-state index is 0.201. The first-order valence-corrected chi connectivity index (χ1v) is 9.89. The van der Waals surface area contributed by atoms with Gasteiger partial charge in [-0.25, -0.2) is 4.98 Å². The molecule has 0 fully saturated rings. The monoisotopic (exact) mass is 398 g/mol. The quantitative estimate of drug-likeness (QED) is 0.341. The number of hydrogen-bond donors (Lipinski definition) is 0. The molecule has 0 aliphatic heterocycles. The summed E-state index contributed by atoms with van der Waals surface area (Å²) in [5.41, 5.74) is 1.26. The Morgan fingerprint density at radius 2 is 1.81 bits per heavy atom. The lowest BCUT2D eigenvalue weighted by Crippen LogP contribution is -2.05. The van der Waals surface area contributed by atoms with E-state index >= 15 is 0 Å². The number of nitrogens with zero attached hydrogens (tertiary/aromatic N) is 2. The zero-order valence-corrected chi connectivity index (χ0v) is 16.2. The van der Waals surface area contributed by atoms with Gasteiger partial charge in [0.05, 0.1) is 16.6 Å².